The summed E-state index contributed by atoms with van der Waals surface area (Å²) in [4.78, 5) is 12.9. The van der Waals surface area contributed by atoms with Gasteiger partial charge in [-0.3, -0.25) is 13.8 Å². The van der Waals surface area contributed by atoms with Crippen LogP contribution in [0.4, 0.5) is 5.69 Å². The Hall–Kier alpha value is -4.76. The van der Waals surface area contributed by atoms with Gasteiger partial charge < -0.3 is 28.8 Å². The van der Waals surface area contributed by atoms with Crippen molar-refractivity contribution in [2.75, 3.05) is 33.8 Å². The predicted molar refractivity (Wildman–Crippen MR) is 167 cm³/mol. The van der Waals surface area contributed by atoms with Crippen LogP contribution in [-0.2, 0) is 31.6 Å². The summed E-state index contributed by atoms with van der Waals surface area (Å²) in [6, 6.07) is 26.5. The van der Waals surface area contributed by atoms with Crippen LogP contribution >= 0.6 is 7.82 Å². The molecule has 4 aromatic carbocycles. The number of amides is 1. The molecule has 0 aliphatic carbocycles. The zero-order valence-electron chi connectivity index (χ0n) is 24.9. The van der Waals surface area contributed by atoms with Gasteiger partial charge in [-0.25, -0.2) is 4.57 Å². The lowest BCUT2D eigenvalue weighted by Crippen LogP contribution is -2.09. The molecule has 0 heterocycles. The second kappa shape index (κ2) is 15.6. The van der Waals surface area contributed by atoms with Crippen LogP contribution in [0.15, 0.2) is 97.1 Å². The predicted octanol–water partition coefficient (Wildman–Crippen LogP) is 7.29. The molecule has 4 aromatic rings. The fraction of sp³-hybridized carbons (Fsp3) is 0.182. The Kier molecular flexibility index (Phi) is 11.4. The summed E-state index contributed by atoms with van der Waals surface area (Å²) in [6.45, 7) is -0.0382. The van der Waals surface area contributed by atoms with Gasteiger partial charge in [-0.15, -0.1) is 0 Å². The molecule has 230 valence electrons. The van der Waals surface area contributed by atoms with E-state index in [1.807, 2.05) is 60.7 Å². The fourth-order valence-corrected chi connectivity index (χ4v) is 5.21. The molecule has 0 aliphatic rings. The van der Waals surface area contributed by atoms with Crippen molar-refractivity contribution < 1.29 is 41.9 Å². The highest BCUT2D eigenvalue weighted by Gasteiger charge is 2.31. The minimum Gasteiger partial charge on any atom is -0.496 e. The van der Waals surface area contributed by atoms with Crippen molar-refractivity contribution in [2.45, 2.75) is 13.2 Å². The summed E-state index contributed by atoms with van der Waals surface area (Å²) >= 11 is 0. The molecule has 4 rings (SSSR count). The van der Waals surface area contributed by atoms with Crippen LogP contribution in [0.25, 0.3) is 6.08 Å². The molecule has 10 nitrogen and oxygen atoms in total. The molecule has 1 amide bonds. The van der Waals surface area contributed by atoms with Crippen LogP contribution < -0.4 is 28.8 Å². The van der Waals surface area contributed by atoms with Gasteiger partial charge in [-0.2, -0.15) is 0 Å². The number of phosphoric acid groups is 1. The van der Waals surface area contributed by atoms with Crippen molar-refractivity contribution in [3.8, 4) is 28.7 Å². The Labute approximate surface area is 256 Å². The van der Waals surface area contributed by atoms with Crippen LogP contribution in [0, 0.1) is 0 Å². The molecule has 0 aromatic heterocycles. The molecule has 44 heavy (non-hydrogen) atoms. The Morgan fingerprint density at radius 2 is 1.23 bits per heavy atom. The maximum absolute atomic E-state index is 13.9. The van der Waals surface area contributed by atoms with Gasteiger partial charge in [0.2, 0.25) is 5.91 Å². The van der Waals surface area contributed by atoms with Gasteiger partial charge in [-0.05, 0) is 29.3 Å². The van der Waals surface area contributed by atoms with E-state index in [0.717, 1.165) is 11.1 Å². The number of phosphoric ester groups is 1. The van der Waals surface area contributed by atoms with Crippen molar-refractivity contribution >= 4 is 25.5 Å². The van der Waals surface area contributed by atoms with Crippen LogP contribution in [-0.4, -0.2) is 34.3 Å². The summed E-state index contributed by atoms with van der Waals surface area (Å²) in [5.74, 6) is 1.34. The molecule has 0 bridgehead atoms. The van der Waals surface area contributed by atoms with Gasteiger partial charge in [0, 0.05) is 30.0 Å². The molecular weight excluding hydrogens is 585 g/mol. The molecule has 0 radical (unpaired) electrons. The number of carbonyl (C=O) groups excluding carboxylic acids is 1. The van der Waals surface area contributed by atoms with Gasteiger partial charge in [-0.1, -0.05) is 60.7 Å². The zero-order valence-corrected chi connectivity index (χ0v) is 25.7. The average molecular weight is 620 g/mol. The normalized spacial score (nSPS) is 11.2. The number of anilines is 1. The fourth-order valence-electron chi connectivity index (χ4n) is 4.03. The monoisotopic (exact) mass is 619 g/mol. The number of carbonyl (C=O) groups is 1. The molecule has 1 N–H and O–H groups in total. The van der Waals surface area contributed by atoms with Gasteiger partial charge in [0.05, 0.1) is 47.2 Å². The van der Waals surface area contributed by atoms with Crippen molar-refractivity contribution in [2.24, 2.45) is 0 Å². The largest absolute Gasteiger partial charge is 0.530 e. The van der Waals surface area contributed by atoms with Gasteiger partial charge in [0.25, 0.3) is 0 Å². The number of hydrogen-bond donors (Lipinski definition) is 1. The van der Waals surface area contributed by atoms with Crippen LogP contribution in [0.3, 0.4) is 0 Å². The highest BCUT2D eigenvalue weighted by molar-refractivity contribution is 7.48. The molecule has 0 spiro atoms. The summed E-state index contributed by atoms with van der Waals surface area (Å²) in [6.07, 6.45) is 2.89. The van der Waals surface area contributed by atoms with E-state index in [1.54, 1.807) is 30.3 Å². The Bertz CT molecular complexity index is 1540. The van der Waals surface area contributed by atoms with Crippen molar-refractivity contribution in [3.05, 3.63) is 114 Å². The first-order valence-corrected chi connectivity index (χ1v) is 15.0. The number of ether oxygens (including phenoxy) is 4. The summed E-state index contributed by atoms with van der Waals surface area (Å²) in [5.41, 5.74) is 2.47. The molecule has 0 aliphatic heterocycles. The SMILES string of the molecule is COc1cc(OC)c(C=CC(=O)Nc2ccc(OC)c(OP(=O)(OCc3ccccc3)OCc3ccccc3)c2)c(OC)c1. The number of nitrogens with one attached hydrogen (secondary N) is 1. The summed E-state index contributed by atoms with van der Waals surface area (Å²) in [5, 5.41) is 2.76. The lowest BCUT2D eigenvalue weighted by molar-refractivity contribution is -0.111. The van der Waals surface area contributed by atoms with Crippen LogP contribution in [0.1, 0.15) is 16.7 Å². The Balaban J connectivity index is 1.54. The first kappa shape index (κ1) is 32.2. The van der Waals surface area contributed by atoms with Crippen LogP contribution in [0.5, 0.6) is 28.7 Å². The molecular formula is C33H34NO9P. The quantitative estimate of drug-likeness (QED) is 0.108. The molecule has 11 heteroatoms. The van der Waals surface area contributed by atoms with Crippen molar-refractivity contribution in [3.63, 3.8) is 0 Å². The lowest BCUT2D eigenvalue weighted by Gasteiger charge is -2.20. The molecule has 0 atom stereocenters. The third kappa shape index (κ3) is 8.87. The molecule has 0 saturated heterocycles. The molecule has 0 saturated carbocycles. The Morgan fingerprint density at radius 3 is 1.73 bits per heavy atom. The number of methoxy groups -OCH3 is 4. The smallest absolute Gasteiger partial charge is 0.496 e. The van der Waals surface area contributed by atoms with Gasteiger partial charge in [0.1, 0.15) is 17.2 Å². The minimum atomic E-state index is -4.19. The first-order valence-electron chi connectivity index (χ1n) is 13.5. The third-order valence-electron chi connectivity index (χ3n) is 6.26. The van der Waals surface area contributed by atoms with E-state index in [9.17, 15) is 9.36 Å². The van der Waals surface area contributed by atoms with E-state index < -0.39 is 13.7 Å². The number of benzene rings is 4. The highest BCUT2D eigenvalue weighted by atomic mass is 31.2. The van der Waals surface area contributed by atoms with E-state index in [2.05, 4.69) is 5.32 Å². The summed E-state index contributed by atoms with van der Waals surface area (Å²) < 4.78 is 52.8. The average Bonchev–Trinajstić information content (AvgIpc) is 3.06. The Morgan fingerprint density at radius 1 is 0.682 bits per heavy atom. The molecule has 0 unspecified atom stereocenters. The first-order chi connectivity index (χ1) is 21.4. The zero-order chi connectivity index (χ0) is 31.4. The van der Waals surface area contributed by atoms with E-state index >= 15 is 0 Å². The van der Waals surface area contributed by atoms with E-state index in [0.29, 0.717) is 28.5 Å². The second-order valence-electron chi connectivity index (χ2n) is 9.19. The minimum absolute atomic E-state index is 0.0191. The number of rotatable bonds is 15. The topological polar surface area (TPSA) is 111 Å². The lowest BCUT2D eigenvalue weighted by atomic mass is 10.1. The summed E-state index contributed by atoms with van der Waals surface area (Å²) in [7, 11) is 1.81. The maximum atomic E-state index is 13.9. The number of hydrogen-bond acceptors (Lipinski definition) is 9. The second-order valence-corrected chi connectivity index (χ2v) is 10.8. The third-order valence-corrected chi connectivity index (χ3v) is 7.57. The van der Waals surface area contributed by atoms with E-state index in [-0.39, 0.29) is 24.7 Å². The van der Waals surface area contributed by atoms with E-state index in [4.69, 9.17) is 32.5 Å². The standard InChI is InChI=1S/C33H34NO9P/c1-37-27-20-30(39-3)28(31(21-27)40-4)16-18-33(35)34-26-15-17-29(38-2)32(19-26)43-44(36,41-22-24-11-7-5-8-12-24)42-23-25-13-9-6-10-14-25/h5-21H,22-23H2,1-4H3,(H,34,35). The van der Waals surface area contributed by atoms with Gasteiger partial charge in [0.15, 0.2) is 11.5 Å². The molecule has 0 fully saturated rings. The van der Waals surface area contributed by atoms with E-state index in [1.165, 1.54) is 40.6 Å². The van der Waals surface area contributed by atoms with Gasteiger partial charge >= 0.3 is 7.82 Å². The van der Waals surface area contributed by atoms with Crippen molar-refractivity contribution in [1.82, 2.24) is 0 Å². The highest BCUT2D eigenvalue weighted by Crippen LogP contribution is 2.53. The maximum Gasteiger partial charge on any atom is 0.530 e. The van der Waals surface area contributed by atoms with Crippen molar-refractivity contribution in [1.29, 1.82) is 0 Å². The van der Waals surface area contributed by atoms with Crippen LogP contribution in [0.2, 0.25) is 0 Å².